The summed E-state index contributed by atoms with van der Waals surface area (Å²) in [7, 11) is 0. The maximum atomic E-state index is 11.5. The van der Waals surface area contributed by atoms with Gasteiger partial charge in [-0.2, -0.15) is 0 Å². The molecule has 0 radical (unpaired) electrons. The third kappa shape index (κ3) is 1.72. The summed E-state index contributed by atoms with van der Waals surface area (Å²) in [6, 6.07) is 0. The third-order valence-corrected chi connectivity index (χ3v) is 3.12. The van der Waals surface area contributed by atoms with Crippen molar-refractivity contribution in [2.24, 2.45) is 0 Å². The summed E-state index contributed by atoms with van der Waals surface area (Å²) in [5.41, 5.74) is 2.25. The molecule has 1 aromatic heterocycles. The second-order valence-electron chi connectivity index (χ2n) is 3.74. The largest absolute Gasteiger partial charge is 0.346 e. The number of hydrogen-bond donors (Lipinski definition) is 1. The highest BCUT2D eigenvalue weighted by atomic mass is 32.1. The highest BCUT2D eigenvalue weighted by Crippen LogP contribution is 2.31. The van der Waals surface area contributed by atoms with Gasteiger partial charge in [0.05, 0.1) is 5.51 Å². The van der Waals surface area contributed by atoms with Crippen LogP contribution in [0.3, 0.4) is 0 Å². The first-order valence-corrected chi connectivity index (χ1v) is 5.35. The maximum Gasteiger partial charge on any atom is 0.271 e. The quantitative estimate of drug-likeness (QED) is 0.784. The SMILES string of the molecule is CC1(NC(=O)c2cscn2)CCC1. The van der Waals surface area contributed by atoms with Crippen molar-refractivity contribution in [1.29, 1.82) is 0 Å². The number of aromatic nitrogens is 1. The van der Waals surface area contributed by atoms with E-state index in [0.29, 0.717) is 5.69 Å². The molecule has 0 spiro atoms. The topological polar surface area (TPSA) is 42.0 Å². The van der Waals surface area contributed by atoms with Crippen molar-refractivity contribution in [3.05, 3.63) is 16.6 Å². The smallest absolute Gasteiger partial charge is 0.271 e. The van der Waals surface area contributed by atoms with Crippen LogP contribution in [0.1, 0.15) is 36.7 Å². The summed E-state index contributed by atoms with van der Waals surface area (Å²) in [6.45, 7) is 2.08. The van der Waals surface area contributed by atoms with Crippen molar-refractivity contribution in [2.45, 2.75) is 31.7 Å². The molecule has 0 atom stereocenters. The van der Waals surface area contributed by atoms with Gasteiger partial charge in [-0.15, -0.1) is 11.3 Å². The molecule has 13 heavy (non-hydrogen) atoms. The van der Waals surface area contributed by atoms with Gasteiger partial charge in [0.15, 0.2) is 0 Å². The van der Waals surface area contributed by atoms with Crippen LogP contribution >= 0.6 is 11.3 Å². The summed E-state index contributed by atoms with van der Waals surface area (Å²) in [4.78, 5) is 15.5. The molecular formula is C9H12N2OS. The molecule has 0 aliphatic heterocycles. The average molecular weight is 196 g/mol. The molecule has 1 heterocycles. The molecule has 0 saturated heterocycles. The first-order chi connectivity index (χ1) is 6.20. The van der Waals surface area contributed by atoms with E-state index in [4.69, 9.17) is 0 Å². The number of thiazole rings is 1. The minimum atomic E-state index is -0.0385. The molecule has 1 fully saturated rings. The van der Waals surface area contributed by atoms with Crippen LogP contribution in [-0.4, -0.2) is 16.4 Å². The zero-order chi connectivity index (χ0) is 9.31. The van der Waals surface area contributed by atoms with Crippen LogP contribution in [0.2, 0.25) is 0 Å². The number of hydrogen-bond acceptors (Lipinski definition) is 3. The van der Waals surface area contributed by atoms with E-state index in [2.05, 4.69) is 17.2 Å². The van der Waals surface area contributed by atoms with Crippen molar-refractivity contribution in [3.63, 3.8) is 0 Å². The van der Waals surface area contributed by atoms with Crippen molar-refractivity contribution >= 4 is 17.2 Å². The van der Waals surface area contributed by atoms with Crippen LogP contribution in [0.5, 0.6) is 0 Å². The Morgan fingerprint density at radius 3 is 2.92 bits per heavy atom. The number of amides is 1. The van der Waals surface area contributed by atoms with Crippen LogP contribution in [0, 0.1) is 0 Å². The zero-order valence-electron chi connectivity index (χ0n) is 7.54. The average Bonchev–Trinajstić information content (AvgIpc) is 2.53. The Balaban J connectivity index is 1.99. The number of nitrogens with zero attached hydrogens (tertiary/aromatic N) is 1. The van der Waals surface area contributed by atoms with Crippen molar-refractivity contribution in [1.82, 2.24) is 10.3 Å². The zero-order valence-corrected chi connectivity index (χ0v) is 8.36. The Bertz CT molecular complexity index is 303. The summed E-state index contributed by atoms with van der Waals surface area (Å²) in [5, 5.41) is 4.78. The van der Waals surface area contributed by atoms with E-state index in [0.717, 1.165) is 12.8 Å². The van der Waals surface area contributed by atoms with Gasteiger partial charge >= 0.3 is 0 Å². The van der Waals surface area contributed by atoms with Gasteiger partial charge in [-0.3, -0.25) is 4.79 Å². The van der Waals surface area contributed by atoms with Gasteiger partial charge in [-0.1, -0.05) is 0 Å². The van der Waals surface area contributed by atoms with E-state index in [9.17, 15) is 4.79 Å². The lowest BCUT2D eigenvalue weighted by atomic mass is 9.78. The molecular weight excluding hydrogens is 184 g/mol. The van der Waals surface area contributed by atoms with Gasteiger partial charge in [-0.25, -0.2) is 4.98 Å². The maximum absolute atomic E-state index is 11.5. The lowest BCUT2D eigenvalue weighted by Gasteiger charge is -2.38. The van der Waals surface area contributed by atoms with Crippen molar-refractivity contribution < 1.29 is 4.79 Å². The van der Waals surface area contributed by atoms with Gasteiger partial charge in [0, 0.05) is 10.9 Å². The molecule has 70 valence electrons. The van der Waals surface area contributed by atoms with E-state index in [-0.39, 0.29) is 11.4 Å². The Hall–Kier alpha value is -0.900. The van der Waals surface area contributed by atoms with Crippen LogP contribution in [0.25, 0.3) is 0 Å². The van der Waals surface area contributed by atoms with E-state index in [1.807, 2.05) is 0 Å². The van der Waals surface area contributed by atoms with Gasteiger partial charge < -0.3 is 5.32 Å². The van der Waals surface area contributed by atoms with E-state index >= 15 is 0 Å². The molecule has 2 rings (SSSR count). The highest BCUT2D eigenvalue weighted by molar-refractivity contribution is 7.07. The third-order valence-electron chi connectivity index (χ3n) is 2.54. The Morgan fingerprint density at radius 1 is 1.69 bits per heavy atom. The number of nitrogens with one attached hydrogen (secondary N) is 1. The van der Waals surface area contributed by atoms with Gasteiger partial charge in [0.25, 0.3) is 5.91 Å². The lowest BCUT2D eigenvalue weighted by molar-refractivity contribution is 0.0846. The Kier molecular flexibility index (Phi) is 2.07. The van der Waals surface area contributed by atoms with Crippen molar-refractivity contribution in [2.75, 3.05) is 0 Å². The first-order valence-electron chi connectivity index (χ1n) is 4.40. The van der Waals surface area contributed by atoms with Crippen LogP contribution in [0.15, 0.2) is 10.9 Å². The second kappa shape index (κ2) is 3.10. The summed E-state index contributed by atoms with van der Waals surface area (Å²) in [6.07, 6.45) is 3.39. The summed E-state index contributed by atoms with van der Waals surface area (Å²) in [5.74, 6) is -0.0385. The number of rotatable bonds is 2. The fourth-order valence-electron chi connectivity index (χ4n) is 1.49. The molecule has 1 aliphatic rings. The molecule has 1 saturated carbocycles. The molecule has 1 aromatic rings. The monoisotopic (exact) mass is 196 g/mol. The van der Waals surface area contributed by atoms with Crippen molar-refractivity contribution in [3.8, 4) is 0 Å². The Morgan fingerprint density at radius 2 is 2.46 bits per heavy atom. The predicted octanol–water partition coefficient (Wildman–Crippen LogP) is 1.82. The summed E-state index contributed by atoms with van der Waals surface area (Å²) >= 11 is 1.45. The minimum Gasteiger partial charge on any atom is -0.346 e. The molecule has 0 bridgehead atoms. The van der Waals surface area contributed by atoms with E-state index < -0.39 is 0 Å². The lowest BCUT2D eigenvalue weighted by Crippen LogP contribution is -2.51. The normalized spacial score (nSPS) is 19.2. The molecule has 1 N–H and O–H groups in total. The fourth-order valence-corrected chi connectivity index (χ4v) is 2.03. The molecule has 0 aromatic carbocycles. The minimum absolute atomic E-state index is 0.0285. The highest BCUT2D eigenvalue weighted by Gasteiger charge is 2.33. The van der Waals surface area contributed by atoms with E-state index in [1.165, 1.54) is 17.8 Å². The van der Waals surface area contributed by atoms with Gasteiger partial charge in [0.2, 0.25) is 0 Å². The summed E-state index contributed by atoms with van der Waals surface area (Å²) < 4.78 is 0. The number of carbonyl (C=O) groups excluding carboxylic acids is 1. The molecule has 1 amide bonds. The Labute approximate surface area is 81.2 Å². The first kappa shape index (κ1) is 8.69. The standard InChI is InChI=1S/C9H12N2OS/c1-9(3-2-4-9)11-8(12)7-5-13-6-10-7/h5-6H,2-4H2,1H3,(H,11,12). The van der Waals surface area contributed by atoms with E-state index in [1.54, 1.807) is 10.9 Å². The molecule has 4 heteroatoms. The fraction of sp³-hybridized carbons (Fsp3) is 0.556. The van der Waals surface area contributed by atoms with Crippen LogP contribution in [-0.2, 0) is 0 Å². The molecule has 3 nitrogen and oxygen atoms in total. The van der Waals surface area contributed by atoms with Crippen LogP contribution < -0.4 is 5.32 Å². The molecule has 0 unspecified atom stereocenters. The van der Waals surface area contributed by atoms with Crippen LogP contribution in [0.4, 0.5) is 0 Å². The second-order valence-corrected chi connectivity index (χ2v) is 4.46. The number of carbonyl (C=O) groups is 1. The predicted molar refractivity (Wildman–Crippen MR) is 51.8 cm³/mol. The van der Waals surface area contributed by atoms with Gasteiger partial charge in [0.1, 0.15) is 5.69 Å². The molecule has 1 aliphatic carbocycles. The van der Waals surface area contributed by atoms with Gasteiger partial charge in [-0.05, 0) is 26.2 Å².